The van der Waals surface area contributed by atoms with Gasteiger partial charge in [-0.05, 0) is 12.5 Å². The van der Waals surface area contributed by atoms with Gasteiger partial charge >= 0.3 is 5.97 Å². The third-order valence-electron chi connectivity index (χ3n) is 1.86. The molecule has 0 saturated carbocycles. The Morgan fingerprint density at radius 2 is 2.29 bits per heavy atom. The van der Waals surface area contributed by atoms with Crippen LogP contribution in [0.25, 0.3) is 0 Å². The van der Waals surface area contributed by atoms with Crippen molar-refractivity contribution in [2.24, 2.45) is 0 Å². The van der Waals surface area contributed by atoms with Gasteiger partial charge in [0.2, 0.25) is 0 Å². The maximum Gasteiger partial charge on any atom is 0.341 e. The second-order valence-corrected chi connectivity index (χ2v) is 3.53. The highest BCUT2D eigenvalue weighted by molar-refractivity contribution is 5.89. The first kappa shape index (κ1) is 10.8. The van der Waals surface area contributed by atoms with Crippen LogP contribution in [0.3, 0.4) is 0 Å². The molecule has 0 atom stereocenters. The molecule has 0 amide bonds. The van der Waals surface area contributed by atoms with Gasteiger partial charge in [-0.25, -0.2) is 4.79 Å². The first-order valence-electron chi connectivity index (χ1n) is 4.90. The molecule has 1 aromatic heterocycles. The van der Waals surface area contributed by atoms with Crippen molar-refractivity contribution in [2.75, 3.05) is 6.61 Å². The lowest BCUT2D eigenvalue weighted by atomic mass is 10.1. The summed E-state index contributed by atoms with van der Waals surface area (Å²) in [4.78, 5) is 11.4. The second-order valence-electron chi connectivity index (χ2n) is 3.53. The number of esters is 1. The van der Waals surface area contributed by atoms with Gasteiger partial charge in [0.25, 0.3) is 0 Å². The average molecular weight is 196 g/mol. The predicted molar refractivity (Wildman–Crippen MR) is 53.4 cm³/mol. The number of furan rings is 1. The third kappa shape index (κ3) is 2.62. The largest absolute Gasteiger partial charge is 0.468 e. The zero-order valence-corrected chi connectivity index (χ0v) is 8.87. The smallest absolute Gasteiger partial charge is 0.341 e. The van der Waals surface area contributed by atoms with E-state index >= 15 is 0 Å². The standard InChI is InChI=1S/C11H16O3/c1-4-5-13-11(12)9-6-10(8(2)3)14-7-9/h6-8H,4-5H2,1-3H3. The van der Waals surface area contributed by atoms with E-state index in [4.69, 9.17) is 9.15 Å². The summed E-state index contributed by atoms with van der Waals surface area (Å²) < 4.78 is 10.2. The molecule has 3 heteroatoms. The van der Waals surface area contributed by atoms with Gasteiger partial charge in [0.05, 0.1) is 12.2 Å². The van der Waals surface area contributed by atoms with E-state index in [1.165, 1.54) is 6.26 Å². The SMILES string of the molecule is CCCOC(=O)c1coc(C(C)C)c1. The van der Waals surface area contributed by atoms with Gasteiger partial charge in [-0.2, -0.15) is 0 Å². The summed E-state index contributed by atoms with van der Waals surface area (Å²) in [6.45, 7) is 6.45. The molecular formula is C11H16O3. The molecule has 0 unspecified atom stereocenters. The van der Waals surface area contributed by atoms with Crippen molar-refractivity contribution >= 4 is 5.97 Å². The van der Waals surface area contributed by atoms with Crippen LogP contribution in [0.4, 0.5) is 0 Å². The van der Waals surface area contributed by atoms with Crippen LogP contribution in [0.2, 0.25) is 0 Å². The van der Waals surface area contributed by atoms with Gasteiger partial charge in [0, 0.05) is 5.92 Å². The molecule has 0 N–H and O–H groups in total. The molecule has 0 aliphatic carbocycles. The van der Waals surface area contributed by atoms with E-state index in [1.807, 2.05) is 20.8 Å². The molecule has 0 aromatic carbocycles. The predicted octanol–water partition coefficient (Wildman–Crippen LogP) is 2.97. The molecule has 0 bridgehead atoms. The molecule has 78 valence electrons. The van der Waals surface area contributed by atoms with E-state index in [0.29, 0.717) is 18.1 Å². The van der Waals surface area contributed by atoms with Gasteiger partial charge in [-0.1, -0.05) is 20.8 Å². The zero-order valence-electron chi connectivity index (χ0n) is 8.87. The fraction of sp³-hybridized carbons (Fsp3) is 0.545. The Kier molecular flexibility index (Phi) is 3.74. The number of ether oxygens (including phenoxy) is 1. The van der Waals surface area contributed by atoms with Gasteiger partial charge in [0.15, 0.2) is 0 Å². The van der Waals surface area contributed by atoms with E-state index < -0.39 is 0 Å². The van der Waals surface area contributed by atoms with E-state index in [-0.39, 0.29) is 5.97 Å². The Morgan fingerprint density at radius 3 is 2.79 bits per heavy atom. The van der Waals surface area contributed by atoms with Crippen molar-refractivity contribution in [1.29, 1.82) is 0 Å². The average Bonchev–Trinajstić information content (AvgIpc) is 2.62. The first-order valence-corrected chi connectivity index (χ1v) is 4.90. The van der Waals surface area contributed by atoms with E-state index in [2.05, 4.69) is 0 Å². The number of carbonyl (C=O) groups excluding carboxylic acids is 1. The normalized spacial score (nSPS) is 10.6. The molecule has 0 spiro atoms. The number of rotatable bonds is 4. The van der Waals surface area contributed by atoms with Crippen LogP contribution in [-0.2, 0) is 4.74 Å². The highest BCUT2D eigenvalue weighted by Gasteiger charge is 2.12. The molecular weight excluding hydrogens is 180 g/mol. The number of hydrogen-bond acceptors (Lipinski definition) is 3. The highest BCUT2D eigenvalue weighted by Crippen LogP contribution is 2.17. The highest BCUT2D eigenvalue weighted by atomic mass is 16.5. The van der Waals surface area contributed by atoms with Gasteiger partial charge in [0.1, 0.15) is 12.0 Å². The van der Waals surface area contributed by atoms with Crippen molar-refractivity contribution in [3.63, 3.8) is 0 Å². The van der Waals surface area contributed by atoms with E-state index in [9.17, 15) is 4.79 Å². The summed E-state index contributed by atoms with van der Waals surface area (Å²) in [5, 5.41) is 0. The van der Waals surface area contributed by atoms with Gasteiger partial charge in [-0.3, -0.25) is 0 Å². The quantitative estimate of drug-likeness (QED) is 0.695. The third-order valence-corrected chi connectivity index (χ3v) is 1.86. The Bertz CT molecular complexity index is 299. The topological polar surface area (TPSA) is 39.4 Å². The molecule has 1 aromatic rings. The summed E-state index contributed by atoms with van der Waals surface area (Å²) in [6, 6.07) is 1.74. The van der Waals surface area contributed by atoms with Crippen LogP contribution in [0.15, 0.2) is 16.7 Å². The van der Waals surface area contributed by atoms with Gasteiger partial charge in [-0.15, -0.1) is 0 Å². The lowest BCUT2D eigenvalue weighted by molar-refractivity contribution is 0.0504. The van der Waals surface area contributed by atoms with E-state index in [0.717, 1.165) is 12.2 Å². The summed E-state index contributed by atoms with van der Waals surface area (Å²) in [5.41, 5.74) is 0.502. The monoisotopic (exact) mass is 196 g/mol. The second kappa shape index (κ2) is 4.84. The molecule has 14 heavy (non-hydrogen) atoms. The maximum absolute atomic E-state index is 11.4. The molecule has 0 aliphatic rings. The fourth-order valence-corrected chi connectivity index (χ4v) is 1.04. The van der Waals surface area contributed by atoms with Crippen LogP contribution < -0.4 is 0 Å². The van der Waals surface area contributed by atoms with Crippen molar-refractivity contribution in [3.8, 4) is 0 Å². The lowest BCUT2D eigenvalue weighted by Crippen LogP contribution is -2.04. The van der Waals surface area contributed by atoms with Gasteiger partial charge < -0.3 is 9.15 Å². The summed E-state index contributed by atoms with van der Waals surface area (Å²) in [5.74, 6) is 0.804. The maximum atomic E-state index is 11.4. The summed E-state index contributed by atoms with van der Waals surface area (Å²) in [7, 11) is 0. The molecule has 1 heterocycles. The molecule has 1 rings (SSSR count). The van der Waals surface area contributed by atoms with Crippen molar-refractivity contribution in [3.05, 3.63) is 23.7 Å². The minimum absolute atomic E-state index is 0.294. The van der Waals surface area contributed by atoms with Crippen molar-refractivity contribution < 1.29 is 13.9 Å². The Balaban J connectivity index is 2.62. The Hall–Kier alpha value is -1.25. The molecule has 0 aliphatic heterocycles. The molecule has 0 radical (unpaired) electrons. The lowest BCUT2D eigenvalue weighted by Gasteiger charge is -1.99. The number of carbonyl (C=O) groups is 1. The minimum Gasteiger partial charge on any atom is -0.468 e. The van der Waals surface area contributed by atoms with Crippen LogP contribution in [0, 0.1) is 0 Å². The zero-order chi connectivity index (χ0) is 10.6. The molecule has 3 nitrogen and oxygen atoms in total. The number of hydrogen-bond donors (Lipinski definition) is 0. The molecule has 0 saturated heterocycles. The Labute approximate surface area is 84.1 Å². The minimum atomic E-state index is -0.303. The van der Waals surface area contributed by atoms with E-state index in [1.54, 1.807) is 6.07 Å². The van der Waals surface area contributed by atoms with Crippen molar-refractivity contribution in [2.45, 2.75) is 33.1 Å². The van der Waals surface area contributed by atoms with Crippen molar-refractivity contribution in [1.82, 2.24) is 0 Å². The summed E-state index contributed by atoms with van der Waals surface area (Å²) in [6.07, 6.45) is 2.29. The molecule has 0 fully saturated rings. The fourth-order valence-electron chi connectivity index (χ4n) is 1.04. The Morgan fingerprint density at radius 1 is 1.57 bits per heavy atom. The first-order chi connectivity index (χ1) is 6.65. The van der Waals surface area contributed by atoms with Crippen LogP contribution in [-0.4, -0.2) is 12.6 Å². The van der Waals surface area contributed by atoms with Crippen LogP contribution in [0.5, 0.6) is 0 Å². The van der Waals surface area contributed by atoms with Crippen LogP contribution in [0.1, 0.15) is 49.2 Å². The summed E-state index contributed by atoms with van der Waals surface area (Å²) >= 11 is 0. The van der Waals surface area contributed by atoms with Crippen LogP contribution >= 0.6 is 0 Å².